The van der Waals surface area contributed by atoms with Gasteiger partial charge in [0.05, 0.1) is 21.1 Å². The lowest BCUT2D eigenvalue weighted by Gasteiger charge is -2.34. The van der Waals surface area contributed by atoms with Gasteiger partial charge in [0.25, 0.3) is 5.91 Å². The minimum absolute atomic E-state index is 0.0902. The van der Waals surface area contributed by atoms with Crippen molar-refractivity contribution in [2.75, 3.05) is 48.8 Å². The summed E-state index contributed by atoms with van der Waals surface area (Å²) in [6, 6.07) is 13.3. The van der Waals surface area contributed by atoms with Gasteiger partial charge in [-0.25, -0.2) is 0 Å². The predicted octanol–water partition coefficient (Wildman–Crippen LogP) is 5.32. The van der Waals surface area contributed by atoms with Gasteiger partial charge in [-0.05, 0) is 66.8 Å². The Kier molecular flexibility index (Phi) is 7.69. The van der Waals surface area contributed by atoms with Crippen molar-refractivity contribution in [1.82, 2.24) is 9.88 Å². The Labute approximate surface area is 231 Å². The molecule has 1 fully saturated rings. The van der Waals surface area contributed by atoms with Crippen LogP contribution in [0.2, 0.25) is 5.02 Å². The molecule has 2 aromatic carbocycles. The van der Waals surface area contributed by atoms with Crippen LogP contribution >= 0.6 is 23.4 Å². The van der Waals surface area contributed by atoms with Crippen molar-refractivity contribution >= 4 is 74.4 Å². The summed E-state index contributed by atoms with van der Waals surface area (Å²) in [6.45, 7) is 7.61. The fourth-order valence-corrected chi connectivity index (χ4v) is 5.27. The topological polar surface area (TPSA) is 89.9 Å². The quantitative estimate of drug-likeness (QED) is 0.417. The van der Waals surface area contributed by atoms with E-state index < -0.39 is 0 Å². The van der Waals surface area contributed by atoms with Crippen LogP contribution in [0.4, 0.5) is 17.1 Å². The molecule has 1 saturated heterocycles. The van der Waals surface area contributed by atoms with E-state index in [-0.39, 0.29) is 17.7 Å². The van der Waals surface area contributed by atoms with E-state index in [0.29, 0.717) is 26.5 Å². The molecule has 2 amide bonds. The molecule has 38 heavy (non-hydrogen) atoms. The van der Waals surface area contributed by atoms with Gasteiger partial charge in [-0.3, -0.25) is 14.6 Å². The SMILES string of the molecule is CC(C)C(=O)Nc1ccc(Cl)c(NC2=NC(=O)/C(=C/c3ccc4nccc(N5CCN(C)CC5)c4c3)S2)c1. The number of rotatable bonds is 5. The number of pyridine rings is 1. The number of aliphatic imine (C=N–C) groups is 1. The monoisotopic (exact) mass is 548 g/mol. The average Bonchev–Trinajstić information content (AvgIpc) is 3.24. The number of fused-ring (bicyclic) bond motifs is 1. The summed E-state index contributed by atoms with van der Waals surface area (Å²) in [7, 11) is 2.14. The molecule has 2 aliphatic rings. The second-order valence-corrected chi connectivity index (χ2v) is 11.1. The van der Waals surface area contributed by atoms with Crippen LogP contribution in [0.25, 0.3) is 17.0 Å². The maximum Gasteiger partial charge on any atom is 0.286 e. The normalized spacial score (nSPS) is 17.4. The zero-order valence-electron chi connectivity index (χ0n) is 21.5. The molecule has 0 atom stereocenters. The number of thioether (sulfide) groups is 1. The summed E-state index contributed by atoms with van der Waals surface area (Å²) < 4.78 is 0. The van der Waals surface area contributed by atoms with Gasteiger partial charge in [0, 0.05) is 55.1 Å². The first-order valence-corrected chi connectivity index (χ1v) is 13.7. The number of hydrogen-bond donors (Lipinski definition) is 2. The number of carbonyl (C=O) groups excluding carboxylic acids is 2. The summed E-state index contributed by atoms with van der Waals surface area (Å²) in [6.07, 6.45) is 3.71. The second-order valence-electron chi connectivity index (χ2n) is 9.69. The molecule has 0 saturated carbocycles. The molecule has 0 bridgehead atoms. The van der Waals surface area contributed by atoms with Crippen LogP contribution in [-0.4, -0.2) is 60.1 Å². The fraction of sp³-hybridized carbons (Fsp3) is 0.286. The minimum Gasteiger partial charge on any atom is -0.368 e. The highest BCUT2D eigenvalue weighted by atomic mass is 35.5. The first-order chi connectivity index (χ1) is 18.3. The zero-order valence-corrected chi connectivity index (χ0v) is 23.1. The number of benzene rings is 2. The van der Waals surface area contributed by atoms with Crippen LogP contribution in [0.3, 0.4) is 0 Å². The third-order valence-electron chi connectivity index (χ3n) is 6.50. The lowest BCUT2D eigenvalue weighted by Crippen LogP contribution is -2.44. The first kappa shape index (κ1) is 26.2. The predicted molar refractivity (Wildman–Crippen MR) is 158 cm³/mol. The number of nitrogens with one attached hydrogen (secondary N) is 2. The molecule has 1 aromatic heterocycles. The molecule has 196 valence electrons. The lowest BCUT2D eigenvalue weighted by atomic mass is 10.1. The number of amides is 2. The number of nitrogens with zero attached hydrogens (tertiary/aromatic N) is 4. The smallest absolute Gasteiger partial charge is 0.286 e. The van der Waals surface area contributed by atoms with Crippen LogP contribution in [0.15, 0.2) is 58.6 Å². The molecule has 5 rings (SSSR count). The Bertz CT molecular complexity index is 1460. The van der Waals surface area contributed by atoms with Crippen molar-refractivity contribution in [1.29, 1.82) is 0 Å². The lowest BCUT2D eigenvalue weighted by molar-refractivity contribution is -0.119. The van der Waals surface area contributed by atoms with E-state index in [4.69, 9.17) is 11.6 Å². The number of likely N-dealkylation sites (N-methyl/N-ethyl adjacent to an activating group) is 1. The van der Waals surface area contributed by atoms with Gasteiger partial charge in [-0.1, -0.05) is 31.5 Å². The second kappa shape index (κ2) is 11.1. The highest BCUT2D eigenvalue weighted by Crippen LogP contribution is 2.34. The van der Waals surface area contributed by atoms with E-state index in [9.17, 15) is 9.59 Å². The third-order valence-corrected chi connectivity index (χ3v) is 7.73. The van der Waals surface area contributed by atoms with Crippen molar-refractivity contribution in [3.8, 4) is 0 Å². The van der Waals surface area contributed by atoms with E-state index in [1.165, 1.54) is 11.8 Å². The number of amidine groups is 1. The van der Waals surface area contributed by atoms with Gasteiger partial charge in [0.2, 0.25) is 5.91 Å². The molecule has 0 unspecified atom stereocenters. The molecule has 8 nitrogen and oxygen atoms in total. The molecule has 0 spiro atoms. The van der Waals surface area contributed by atoms with Crippen molar-refractivity contribution in [3.63, 3.8) is 0 Å². The molecule has 0 aliphatic carbocycles. The summed E-state index contributed by atoms with van der Waals surface area (Å²) >= 11 is 7.62. The summed E-state index contributed by atoms with van der Waals surface area (Å²) in [5.41, 5.74) is 4.16. The molecular weight excluding hydrogens is 520 g/mol. The Morgan fingerprint density at radius 3 is 2.66 bits per heavy atom. The number of aromatic nitrogens is 1. The van der Waals surface area contributed by atoms with E-state index in [1.54, 1.807) is 18.2 Å². The third kappa shape index (κ3) is 5.85. The fourth-order valence-electron chi connectivity index (χ4n) is 4.28. The maximum absolute atomic E-state index is 12.7. The highest BCUT2D eigenvalue weighted by Gasteiger charge is 2.23. The molecule has 3 aromatic rings. The van der Waals surface area contributed by atoms with Crippen molar-refractivity contribution < 1.29 is 9.59 Å². The minimum atomic E-state index is -0.316. The zero-order chi connectivity index (χ0) is 26.8. The number of hydrogen-bond acceptors (Lipinski definition) is 7. The number of piperazine rings is 1. The van der Waals surface area contributed by atoms with Crippen molar-refractivity contribution in [2.24, 2.45) is 10.9 Å². The van der Waals surface area contributed by atoms with Crippen LogP contribution in [0.1, 0.15) is 19.4 Å². The van der Waals surface area contributed by atoms with Crippen LogP contribution in [0.5, 0.6) is 0 Å². The van der Waals surface area contributed by atoms with Crippen molar-refractivity contribution in [3.05, 3.63) is 64.2 Å². The Morgan fingerprint density at radius 2 is 1.89 bits per heavy atom. The number of halogens is 1. The standard InChI is InChI=1S/C28H29ClN6O2S/c1-17(2)26(36)31-19-5-6-21(29)23(16-19)32-28-33-27(37)25(38-28)15-18-4-7-22-20(14-18)24(8-9-30-22)35-12-10-34(3)11-13-35/h4-9,14-17H,10-13H2,1-3H3,(H,31,36)(H,32,33,37)/b25-15-. The summed E-state index contributed by atoms with van der Waals surface area (Å²) in [4.78, 5) is 38.7. The van der Waals surface area contributed by atoms with E-state index in [1.807, 2.05) is 38.3 Å². The van der Waals surface area contributed by atoms with E-state index >= 15 is 0 Å². The first-order valence-electron chi connectivity index (χ1n) is 12.5. The van der Waals surface area contributed by atoms with Gasteiger partial charge in [0.1, 0.15) is 0 Å². The molecule has 10 heteroatoms. The van der Waals surface area contributed by atoms with Crippen molar-refractivity contribution in [2.45, 2.75) is 13.8 Å². The Morgan fingerprint density at radius 1 is 1.11 bits per heavy atom. The molecular formula is C28H29ClN6O2S. The van der Waals surface area contributed by atoms with Gasteiger partial charge in [-0.15, -0.1) is 0 Å². The Hall–Kier alpha value is -3.40. The molecule has 2 aliphatic heterocycles. The molecule has 0 radical (unpaired) electrons. The van der Waals surface area contributed by atoms with Crippen LogP contribution in [0, 0.1) is 5.92 Å². The van der Waals surface area contributed by atoms with Gasteiger partial charge in [-0.2, -0.15) is 4.99 Å². The highest BCUT2D eigenvalue weighted by molar-refractivity contribution is 8.18. The Balaban J connectivity index is 1.34. The van der Waals surface area contributed by atoms with Gasteiger partial charge in [0.15, 0.2) is 5.17 Å². The number of anilines is 3. The largest absolute Gasteiger partial charge is 0.368 e. The van der Waals surface area contributed by atoms with Gasteiger partial charge < -0.3 is 20.4 Å². The van der Waals surface area contributed by atoms with E-state index in [0.717, 1.165) is 48.3 Å². The maximum atomic E-state index is 12.7. The summed E-state index contributed by atoms with van der Waals surface area (Å²) in [5.74, 6) is -0.554. The molecule has 3 heterocycles. The van der Waals surface area contributed by atoms with Crippen LogP contribution < -0.4 is 15.5 Å². The number of carbonyl (C=O) groups is 2. The molecule has 2 N–H and O–H groups in total. The summed E-state index contributed by atoms with van der Waals surface area (Å²) in [5, 5.41) is 7.93. The van der Waals surface area contributed by atoms with Gasteiger partial charge >= 0.3 is 0 Å². The van der Waals surface area contributed by atoms with Crippen LogP contribution in [-0.2, 0) is 9.59 Å². The van der Waals surface area contributed by atoms with E-state index in [2.05, 4.69) is 49.6 Å². The average molecular weight is 549 g/mol.